The molecule has 1 aliphatic heterocycles. The van der Waals surface area contributed by atoms with Crippen LogP contribution in [0.3, 0.4) is 0 Å². The maximum Gasteiger partial charge on any atom is 0.309 e. The zero-order chi connectivity index (χ0) is 13.7. The normalized spacial score (nSPS) is 16.4. The molecule has 1 aromatic heterocycles. The van der Waals surface area contributed by atoms with Crippen molar-refractivity contribution < 1.29 is 9.53 Å². The highest BCUT2D eigenvalue weighted by Crippen LogP contribution is 2.23. The number of hydrogen-bond donors (Lipinski definition) is 1. The van der Waals surface area contributed by atoms with E-state index in [0.717, 1.165) is 37.3 Å². The van der Waals surface area contributed by atoms with Crippen LogP contribution in [0.15, 0.2) is 18.3 Å². The van der Waals surface area contributed by atoms with E-state index in [-0.39, 0.29) is 11.9 Å². The molecular formula is C14H21N3O2. The van der Waals surface area contributed by atoms with Crippen LogP contribution < -0.4 is 10.6 Å². The first-order valence-electron chi connectivity index (χ1n) is 6.81. The number of ether oxygens (including phenoxy) is 1. The van der Waals surface area contributed by atoms with Crippen molar-refractivity contribution in [3.63, 3.8) is 0 Å². The van der Waals surface area contributed by atoms with Crippen LogP contribution in [-0.4, -0.2) is 30.6 Å². The number of pyridine rings is 1. The first-order chi connectivity index (χ1) is 9.24. The number of rotatable bonds is 4. The van der Waals surface area contributed by atoms with Crippen LogP contribution in [-0.2, 0) is 16.1 Å². The van der Waals surface area contributed by atoms with E-state index in [1.54, 1.807) is 6.20 Å². The number of esters is 1. The molecule has 5 nitrogen and oxygen atoms in total. The van der Waals surface area contributed by atoms with E-state index in [0.29, 0.717) is 13.2 Å². The first kappa shape index (κ1) is 13.8. The van der Waals surface area contributed by atoms with Gasteiger partial charge in [0.1, 0.15) is 5.82 Å². The minimum Gasteiger partial charge on any atom is -0.466 e. The van der Waals surface area contributed by atoms with Crippen molar-refractivity contribution in [2.24, 2.45) is 11.7 Å². The Hall–Kier alpha value is -1.62. The zero-order valence-electron chi connectivity index (χ0n) is 11.3. The largest absolute Gasteiger partial charge is 0.466 e. The predicted octanol–water partition coefficient (Wildman–Crippen LogP) is 1.32. The fourth-order valence-corrected chi connectivity index (χ4v) is 2.36. The van der Waals surface area contributed by atoms with Crippen LogP contribution >= 0.6 is 0 Å². The third kappa shape index (κ3) is 3.44. The zero-order valence-corrected chi connectivity index (χ0v) is 11.3. The van der Waals surface area contributed by atoms with Crippen molar-refractivity contribution in [3.8, 4) is 0 Å². The number of hydrogen-bond acceptors (Lipinski definition) is 5. The van der Waals surface area contributed by atoms with E-state index >= 15 is 0 Å². The third-order valence-electron chi connectivity index (χ3n) is 3.48. The number of carbonyl (C=O) groups is 1. The molecule has 104 valence electrons. The molecule has 0 aliphatic carbocycles. The van der Waals surface area contributed by atoms with Crippen LogP contribution in [0.4, 0.5) is 5.82 Å². The topological polar surface area (TPSA) is 68.5 Å². The summed E-state index contributed by atoms with van der Waals surface area (Å²) in [5.74, 6) is 0.921. The molecular weight excluding hydrogens is 242 g/mol. The molecule has 5 heteroatoms. The summed E-state index contributed by atoms with van der Waals surface area (Å²) in [6.07, 6.45) is 3.44. The molecule has 1 fully saturated rings. The van der Waals surface area contributed by atoms with Gasteiger partial charge >= 0.3 is 5.97 Å². The fourth-order valence-electron chi connectivity index (χ4n) is 2.36. The van der Waals surface area contributed by atoms with Crippen molar-refractivity contribution in [1.29, 1.82) is 0 Å². The Morgan fingerprint density at radius 2 is 2.26 bits per heavy atom. The Morgan fingerprint density at radius 1 is 1.53 bits per heavy atom. The van der Waals surface area contributed by atoms with Crippen molar-refractivity contribution >= 4 is 11.8 Å². The maximum absolute atomic E-state index is 11.7. The van der Waals surface area contributed by atoms with Gasteiger partial charge in [-0.15, -0.1) is 0 Å². The van der Waals surface area contributed by atoms with Gasteiger partial charge in [-0.2, -0.15) is 0 Å². The molecule has 1 aliphatic rings. The van der Waals surface area contributed by atoms with Gasteiger partial charge in [0.05, 0.1) is 12.5 Å². The summed E-state index contributed by atoms with van der Waals surface area (Å²) in [6.45, 7) is 4.50. The van der Waals surface area contributed by atoms with Crippen LogP contribution in [0.2, 0.25) is 0 Å². The third-order valence-corrected chi connectivity index (χ3v) is 3.48. The molecule has 0 aromatic carbocycles. The molecule has 0 radical (unpaired) electrons. The van der Waals surface area contributed by atoms with E-state index in [2.05, 4.69) is 9.88 Å². The number of anilines is 1. The Morgan fingerprint density at radius 3 is 2.89 bits per heavy atom. The molecule has 0 saturated carbocycles. The molecule has 0 unspecified atom stereocenters. The summed E-state index contributed by atoms with van der Waals surface area (Å²) in [4.78, 5) is 18.2. The molecule has 19 heavy (non-hydrogen) atoms. The van der Waals surface area contributed by atoms with Crippen LogP contribution in [0.5, 0.6) is 0 Å². The summed E-state index contributed by atoms with van der Waals surface area (Å²) in [5, 5.41) is 0. The van der Waals surface area contributed by atoms with Gasteiger partial charge in [0.2, 0.25) is 0 Å². The van der Waals surface area contributed by atoms with Gasteiger partial charge in [0.25, 0.3) is 0 Å². The van der Waals surface area contributed by atoms with Crippen molar-refractivity contribution in [3.05, 3.63) is 23.9 Å². The number of piperidine rings is 1. The van der Waals surface area contributed by atoms with Gasteiger partial charge in [-0.1, -0.05) is 0 Å². The first-order valence-corrected chi connectivity index (χ1v) is 6.81. The summed E-state index contributed by atoms with van der Waals surface area (Å²) < 4.78 is 5.07. The van der Waals surface area contributed by atoms with Gasteiger partial charge in [0, 0.05) is 25.8 Å². The van der Waals surface area contributed by atoms with E-state index < -0.39 is 0 Å². The molecule has 0 spiro atoms. The highest BCUT2D eigenvalue weighted by Gasteiger charge is 2.26. The summed E-state index contributed by atoms with van der Waals surface area (Å²) >= 11 is 0. The maximum atomic E-state index is 11.7. The molecule has 1 saturated heterocycles. The van der Waals surface area contributed by atoms with Crippen molar-refractivity contribution in [2.75, 3.05) is 24.6 Å². The summed E-state index contributed by atoms with van der Waals surface area (Å²) in [6, 6.07) is 3.94. The van der Waals surface area contributed by atoms with Gasteiger partial charge in [-0.05, 0) is 37.5 Å². The lowest BCUT2D eigenvalue weighted by Gasteiger charge is -2.31. The average molecular weight is 263 g/mol. The Balaban J connectivity index is 1.94. The van der Waals surface area contributed by atoms with Gasteiger partial charge in [-0.25, -0.2) is 4.98 Å². The van der Waals surface area contributed by atoms with Gasteiger partial charge in [-0.3, -0.25) is 4.79 Å². The molecule has 1 aromatic rings. The van der Waals surface area contributed by atoms with Crippen LogP contribution in [0, 0.1) is 5.92 Å². The second-order valence-corrected chi connectivity index (χ2v) is 4.74. The quantitative estimate of drug-likeness (QED) is 0.830. The van der Waals surface area contributed by atoms with Crippen molar-refractivity contribution in [2.45, 2.75) is 26.3 Å². The molecule has 2 N–H and O–H groups in total. The lowest BCUT2D eigenvalue weighted by Crippen LogP contribution is -2.37. The Kier molecular flexibility index (Phi) is 4.74. The molecule has 0 amide bonds. The van der Waals surface area contributed by atoms with E-state index in [4.69, 9.17) is 10.5 Å². The second kappa shape index (κ2) is 6.52. The van der Waals surface area contributed by atoms with Crippen LogP contribution in [0.25, 0.3) is 0 Å². The summed E-state index contributed by atoms with van der Waals surface area (Å²) in [5.41, 5.74) is 6.72. The average Bonchev–Trinajstić information content (AvgIpc) is 2.48. The lowest BCUT2D eigenvalue weighted by molar-refractivity contribution is -0.148. The van der Waals surface area contributed by atoms with Gasteiger partial charge < -0.3 is 15.4 Å². The molecule has 2 rings (SSSR count). The van der Waals surface area contributed by atoms with E-state index in [1.807, 2.05) is 19.1 Å². The minimum atomic E-state index is -0.0641. The number of carbonyl (C=O) groups excluding carboxylic acids is 1. The number of nitrogens with two attached hydrogens (primary N) is 1. The predicted molar refractivity (Wildman–Crippen MR) is 73.7 cm³/mol. The Labute approximate surface area is 113 Å². The highest BCUT2D eigenvalue weighted by atomic mass is 16.5. The fraction of sp³-hybridized carbons (Fsp3) is 0.571. The van der Waals surface area contributed by atoms with E-state index in [9.17, 15) is 4.79 Å². The lowest BCUT2D eigenvalue weighted by atomic mass is 9.97. The molecule has 2 heterocycles. The smallest absolute Gasteiger partial charge is 0.309 e. The highest BCUT2D eigenvalue weighted by molar-refractivity contribution is 5.72. The monoisotopic (exact) mass is 263 g/mol. The van der Waals surface area contributed by atoms with Crippen molar-refractivity contribution in [1.82, 2.24) is 4.98 Å². The van der Waals surface area contributed by atoms with E-state index in [1.165, 1.54) is 0 Å². The van der Waals surface area contributed by atoms with Gasteiger partial charge in [0.15, 0.2) is 0 Å². The number of aromatic nitrogens is 1. The summed E-state index contributed by atoms with van der Waals surface area (Å²) in [7, 11) is 0. The number of nitrogens with zero attached hydrogens (tertiary/aromatic N) is 2. The standard InChI is InChI=1S/C14H21N3O2/c1-2-19-14(18)12-4-7-17(8-5-12)13-9-11(10-15)3-6-16-13/h3,6,9,12H,2,4-5,7-8,10,15H2,1H3. The van der Waals surface area contributed by atoms with Crippen LogP contribution in [0.1, 0.15) is 25.3 Å². The SMILES string of the molecule is CCOC(=O)C1CCN(c2cc(CN)ccn2)CC1. The Bertz CT molecular complexity index is 428. The molecule has 0 bridgehead atoms. The molecule has 0 atom stereocenters. The second-order valence-electron chi connectivity index (χ2n) is 4.74. The minimum absolute atomic E-state index is 0.0360.